The largest absolute Gasteiger partial charge is 0.417 e. The minimum absolute atomic E-state index is 0. The molecule has 0 aliphatic rings. The number of aromatic nitrogens is 2. The van der Waals surface area contributed by atoms with Crippen LogP contribution in [0.2, 0.25) is 0 Å². The van der Waals surface area contributed by atoms with Gasteiger partial charge in [-0.1, -0.05) is 36.4 Å². The maximum Gasteiger partial charge on any atom is 0.417 e. The molecule has 5 aromatic rings. The number of nitrogens with zero attached hydrogens (tertiary/aromatic N) is 2. The molecule has 0 unspecified atom stereocenters. The molecule has 1 heterocycles. The molecule has 4 aromatic carbocycles. The van der Waals surface area contributed by atoms with Gasteiger partial charge in [0.1, 0.15) is 0 Å². The van der Waals surface area contributed by atoms with Gasteiger partial charge in [0.2, 0.25) is 0 Å². The van der Waals surface area contributed by atoms with Gasteiger partial charge in [-0.2, -0.15) is 36.5 Å². The maximum atomic E-state index is 13.5. The van der Waals surface area contributed by atoms with E-state index in [0.29, 0.717) is 34.2 Å². The summed E-state index contributed by atoms with van der Waals surface area (Å²) < 4.78 is 80.4. The molecule has 1 radical (unpaired) electrons. The molecule has 0 spiro atoms. The van der Waals surface area contributed by atoms with Crippen LogP contribution in [-0.2, 0) is 32.5 Å². The molecule has 0 amide bonds. The monoisotopic (exact) mass is 660 g/mol. The molecule has 0 atom stereocenters. The summed E-state index contributed by atoms with van der Waals surface area (Å²) in [6.07, 6.45) is -10.4. The van der Waals surface area contributed by atoms with E-state index in [1.54, 1.807) is 30.3 Å². The van der Waals surface area contributed by atoms with Crippen LogP contribution in [0.15, 0.2) is 78.9 Å². The van der Waals surface area contributed by atoms with Crippen LogP contribution in [0.1, 0.15) is 11.1 Å². The number of halogens is 6. The van der Waals surface area contributed by atoms with Gasteiger partial charge in [-0.15, -0.1) is 35.9 Å². The molecule has 0 aliphatic heterocycles. The van der Waals surface area contributed by atoms with E-state index in [1.165, 1.54) is 0 Å². The van der Waals surface area contributed by atoms with Gasteiger partial charge in [0.15, 0.2) is 0 Å². The van der Waals surface area contributed by atoms with Crippen molar-refractivity contribution in [1.29, 1.82) is 0 Å². The fourth-order valence-corrected chi connectivity index (χ4v) is 3.97. The van der Waals surface area contributed by atoms with Crippen LogP contribution in [0.25, 0.3) is 44.1 Å². The van der Waals surface area contributed by atoms with Gasteiger partial charge in [0, 0.05) is 36.7 Å². The third-order valence-electron chi connectivity index (χ3n) is 5.51. The van der Waals surface area contributed by atoms with Crippen molar-refractivity contribution in [2.24, 2.45) is 0 Å². The Kier molecular flexibility index (Phi) is 6.42. The average molecular weight is 660 g/mol. The second-order valence-corrected chi connectivity index (χ2v) is 7.67. The molecule has 0 N–H and O–H groups in total. The Balaban J connectivity index is 0.00000289. The summed E-state index contributed by atoms with van der Waals surface area (Å²) in [5.74, 6) is 0. The molecule has 1 aromatic heterocycles. The zero-order chi connectivity index (χ0) is 24.1. The molecular formula is C26H13F6IrN2-. The quantitative estimate of drug-likeness (QED) is 0.109. The van der Waals surface area contributed by atoms with E-state index in [-0.39, 0.29) is 31.4 Å². The summed E-state index contributed by atoms with van der Waals surface area (Å²) in [5, 5.41) is 11.1. The van der Waals surface area contributed by atoms with Crippen molar-refractivity contribution in [3.05, 3.63) is 96.1 Å². The molecule has 0 saturated carbocycles. The topological polar surface area (TPSA) is 25.8 Å². The number of fused-ring (bicyclic) bond motifs is 2. The summed E-state index contributed by atoms with van der Waals surface area (Å²) in [7, 11) is 0. The summed E-state index contributed by atoms with van der Waals surface area (Å²) in [4.78, 5) is 0. The van der Waals surface area contributed by atoms with Crippen LogP contribution in [0, 0.1) is 6.07 Å². The van der Waals surface area contributed by atoms with Crippen LogP contribution in [0.5, 0.6) is 0 Å². The van der Waals surface area contributed by atoms with Gasteiger partial charge in [0.05, 0.1) is 16.8 Å². The van der Waals surface area contributed by atoms with Crippen molar-refractivity contribution < 1.29 is 46.4 Å². The first-order chi connectivity index (χ1) is 16.1. The van der Waals surface area contributed by atoms with E-state index < -0.39 is 23.5 Å². The first-order valence-electron chi connectivity index (χ1n) is 10.1. The van der Waals surface area contributed by atoms with E-state index >= 15 is 0 Å². The number of rotatable bonds is 2. The Morgan fingerprint density at radius 1 is 0.600 bits per heavy atom. The average Bonchev–Trinajstić information content (AvgIpc) is 2.81. The van der Waals surface area contributed by atoms with Crippen LogP contribution >= 0.6 is 0 Å². The zero-order valence-corrected chi connectivity index (χ0v) is 19.9. The number of benzene rings is 4. The molecule has 0 bridgehead atoms. The van der Waals surface area contributed by atoms with Crippen molar-refractivity contribution >= 4 is 21.5 Å². The van der Waals surface area contributed by atoms with Gasteiger partial charge in [-0.3, -0.25) is 0 Å². The van der Waals surface area contributed by atoms with Gasteiger partial charge in [-0.05, 0) is 34.4 Å². The van der Waals surface area contributed by atoms with E-state index in [1.807, 2.05) is 30.3 Å². The Bertz CT molecular complexity index is 1530. The van der Waals surface area contributed by atoms with Crippen molar-refractivity contribution in [3.63, 3.8) is 0 Å². The third kappa shape index (κ3) is 4.66. The summed E-state index contributed by atoms with van der Waals surface area (Å²) in [6, 6.07) is 23.0. The van der Waals surface area contributed by atoms with Gasteiger partial charge >= 0.3 is 12.4 Å². The van der Waals surface area contributed by atoms with Crippen LogP contribution < -0.4 is 0 Å². The Hall–Kier alpha value is -3.29. The molecule has 0 saturated heterocycles. The molecule has 9 heteroatoms. The predicted octanol–water partition coefficient (Wildman–Crippen LogP) is 7.95. The first kappa shape index (κ1) is 24.8. The van der Waals surface area contributed by atoms with Crippen molar-refractivity contribution in [2.75, 3.05) is 0 Å². The third-order valence-corrected chi connectivity index (χ3v) is 5.51. The molecule has 179 valence electrons. The van der Waals surface area contributed by atoms with Gasteiger partial charge in [-0.25, -0.2) is 0 Å². The normalized spacial score (nSPS) is 12.1. The number of hydrogen-bond donors (Lipinski definition) is 0. The van der Waals surface area contributed by atoms with Crippen molar-refractivity contribution in [1.82, 2.24) is 10.2 Å². The molecular weight excluding hydrogens is 647 g/mol. The van der Waals surface area contributed by atoms with Gasteiger partial charge < -0.3 is 0 Å². The number of hydrogen-bond acceptors (Lipinski definition) is 2. The second-order valence-electron chi connectivity index (χ2n) is 7.67. The fourth-order valence-electron chi connectivity index (χ4n) is 3.97. The summed E-state index contributed by atoms with van der Waals surface area (Å²) >= 11 is 0. The van der Waals surface area contributed by atoms with Crippen LogP contribution in [0.3, 0.4) is 0 Å². The van der Waals surface area contributed by atoms with Crippen LogP contribution in [0.4, 0.5) is 26.3 Å². The van der Waals surface area contributed by atoms with Crippen molar-refractivity contribution in [2.45, 2.75) is 12.4 Å². The first-order valence-corrected chi connectivity index (χ1v) is 10.1. The van der Waals surface area contributed by atoms with Crippen molar-refractivity contribution in [3.8, 4) is 22.5 Å². The second kappa shape index (κ2) is 9.06. The molecule has 5 rings (SSSR count). The molecule has 35 heavy (non-hydrogen) atoms. The fraction of sp³-hybridized carbons (Fsp3) is 0.0769. The summed E-state index contributed by atoms with van der Waals surface area (Å²) in [5.41, 5.74) is -2.48. The van der Waals surface area contributed by atoms with E-state index in [4.69, 9.17) is 0 Å². The predicted molar refractivity (Wildman–Crippen MR) is 117 cm³/mol. The minimum Gasteiger partial charge on any atom is -0.200 e. The Morgan fingerprint density at radius 3 is 1.74 bits per heavy atom. The number of alkyl halides is 6. The Labute approximate surface area is 209 Å². The zero-order valence-electron chi connectivity index (χ0n) is 17.5. The van der Waals surface area contributed by atoms with E-state index in [2.05, 4.69) is 16.3 Å². The molecule has 0 aliphatic carbocycles. The minimum atomic E-state index is -5.20. The summed E-state index contributed by atoms with van der Waals surface area (Å²) in [6.45, 7) is 0. The molecule has 0 fully saturated rings. The SMILES string of the molecule is FC(F)(F)c1ccc(-c2nnc(-c3[c-]cccc3)c3cc4ccccc4cc23)cc1C(F)(F)F.[Ir]. The Morgan fingerprint density at radius 2 is 1.17 bits per heavy atom. The maximum absolute atomic E-state index is 13.5. The van der Waals surface area contributed by atoms with Gasteiger partial charge in [0.25, 0.3) is 0 Å². The van der Waals surface area contributed by atoms with E-state index in [0.717, 1.165) is 16.8 Å². The standard InChI is InChI=1S/C26H13F6N2.Ir/c27-25(28,29)21-11-10-18(14-22(21)26(30,31)32)24-20-13-17-9-5-4-8-16(17)12-19(20)23(33-34-24)15-6-2-1-3-7-15;/h1-6,8-14H;/q-1;. The van der Waals surface area contributed by atoms with E-state index in [9.17, 15) is 26.3 Å². The van der Waals surface area contributed by atoms with Crippen LogP contribution in [-0.4, -0.2) is 10.2 Å². The molecule has 2 nitrogen and oxygen atoms in total. The smallest absolute Gasteiger partial charge is 0.200 e.